The minimum absolute atomic E-state index is 0.0185. The van der Waals surface area contributed by atoms with Crippen molar-refractivity contribution in [2.45, 2.75) is 18.6 Å². The van der Waals surface area contributed by atoms with Gasteiger partial charge in [0.25, 0.3) is 5.82 Å². The van der Waals surface area contributed by atoms with Crippen molar-refractivity contribution < 1.29 is 23.1 Å². The Hall–Kier alpha value is -1.32. The van der Waals surface area contributed by atoms with Crippen LogP contribution >= 0.6 is 11.8 Å². The number of thioether (sulfide) groups is 1. The predicted molar refractivity (Wildman–Crippen MR) is 52.5 cm³/mol. The van der Waals surface area contributed by atoms with Crippen molar-refractivity contribution >= 4 is 17.7 Å². The number of tetrazole rings is 1. The molecule has 0 bridgehead atoms. The second-order valence-corrected chi connectivity index (χ2v) is 4.07. The maximum Gasteiger partial charge on any atom is 0.453 e. The van der Waals surface area contributed by atoms with Crippen molar-refractivity contribution in [3.05, 3.63) is 5.82 Å². The van der Waals surface area contributed by atoms with Crippen molar-refractivity contribution in [1.29, 1.82) is 0 Å². The summed E-state index contributed by atoms with van der Waals surface area (Å²) in [4.78, 5) is 10.9. The Kier molecular flexibility index (Phi) is 4.32. The van der Waals surface area contributed by atoms with Gasteiger partial charge >= 0.3 is 12.1 Å². The highest BCUT2D eigenvalue weighted by Crippen LogP contribution is 2.29. The average molecular weight is 270 g/mol. The Bertz CT molecular complexity index is 395. The van der Waals surface area contributed by atoms with E-state index in [9.17, 15) is 18.0 Å². The fraction of sp³-hybridized carbons (Fsp3) is 0.714. The van der Waals surface area contributed by atoms with Crippen LogP contribution in [0.4, 0.5) is 13.2 Å². The SMILES string of the molecule is CSCCC(C(=O)O)n1nnnc1C(F)(F)F. The molecule has 17 heavy (non-hydrogen) atoms. The number of alkyl halides is 3. The van der Waals surface area contributed by atoms with Crippen LogP contribution in [0.1, 0.15) is 18.3 Å². The fourth-order valence-corrected chi connectivity index (χ4v) is 1.63. The summed E-state index contributed by atoms with van der Waals surface area (Å²) in [6.07, 6.45) is -3.02. The third kappa shape index (κ3) is 3.32. The number of nitrogens with zero attached hydrogens (tertiary/aromatic N) is 4. The van der Waals surface area contributed by atoms with E-state index in [-0.39, 0.29) is 6.42 Å². The minimum Gasteiger partial charge on any atom is -0.480 e. The van der Waals surface area contributed by atoms with Gasteiger partial charge in [-0.05, 0) is 28.9 Å². The molecule has 96 valence electrons. The van der Waals surface area contributed by atoms with E-state index in [2.05, 4.69) is 15.5 Å². The van der Waals surface area contributed by atoms with Gasteiger partial charge in [-0.2, -0.15) is 24.9 Å². The molecule has 1 rings (SSSR count). The van der Waals surface area contributed by atoms with Gasteiger partial charge in [0.2, 0.25) is 0 Å². The van der Waals surface area contributed by atoms with Crippen LogP contribution in [0.5, 0.6) is 0 Å². The summed E-state index contributed by atoms with van der Waals surface area (Å²) in [5.74, 6) is -2.39. The topological polar surface area (TPSA) is 80.9 Å². The van der Waals surface area contributed by atoms with E-state index in [0.29, 0.717) is 10.4 Å². The van der Waals surface area contributed by atoms with Crippen LogP contribution in [0.25, 0.3) is 0 Å². The first kappa shape index (κ1) is 13.7. The Labute approximate surface area is 98.2 Å². The van der Waals surface area contributed by atoms with Gasteiger partial charge in [0.05, 0.1) is 0 Å². The predicted octanol–water partition coefficient (Wildman–Crippen LogP) is 1.07. The molecule has 0 aliphatic rings. The maximum atomic E-state index is 12.5. The second-order valence-electron chi connectivity index (χ2n) is 3.08. The van der Waals surface area contributed by atoms with Crippen LogP contribution in [0, 0.1) is 0 Å². The lowest BCUT2D eigenvalue weighted by Gasteiger charge is -2.14. The Morgan fingerprint density at radius 3 is 2.71 bits per heavy atom. The van der Waals surface area contributed by atoms with Crippen LogP contribution in [0.15, 0.2) is 0 Å². The summed E-state index contributed by atoms with van der Waals surface area (Å²) < 4.78 is 37.7. The van der Waals surface area contributed by atoms with E-state index in [1.54, 1.807) is 6.26 Å². The van der Waals surface area contributed by atoms with Gasteiger partial charge in [0.15, 0.2) is 6.04 Å². The van der Waals surface area contributed by atoms with E-state index in [1.165, 1.54) is 11.8 Å². The average Bonchev–Trinajstić information content (AvgIpc) is 2.66. The summed E-state index contributed by atoms with van der Waals surface area (Å²) >= 11 is 1.33. The Balaban J connectivity index is 3.03. The number of hydrogen-bond donors (Lipinski definition) is 1. The van der Waals surface area contributed by atoms with E-state index in [0.717, 1.165) is 0 Å². The van der Waals surface area contributed by atoms with E-state index in [1.807, 2.05) is 0 Å². The number of halogens is 3. The number of carboxylic acid groups (broad SMARTS) is 1. The molecule has 0 fully saturated rings. The molecular formula is C7H9F3N4O2S. The molecule has 1 aromatic rings. The van der Waals surface area contributed by atoms with Gasteiger partial charge in [0, 0.05) is 0 Å². The van der Waals surface area contributed by atoms with Crippen molar-refractivity contribution in [3.63, 3.8) is 0 Å². The van der Waals surface area contributed by atoms with Gasteiger partial charge in [-0.25, -0.2) is 9.48 Å². The van der Waals surface area contributed by atoms with Crippen LogP contribution in [0.2, 0.25) is 0 Å². The number of aromatic nitrogens is 4. The standard InChI is InChI=1S/C7H9F3N4O2S/c1-17-3-2-4(5(15)16)14-6(7(8,9)10)11-12-13-14/h4H,2-3H2,1H3,(H,15,16). The van der Waals surface area contributed by atoms with Crippen LogP contribution in [-0.4, -0.2) is 43.3 Å². The van der Waals surface area contributed by atoms with Crippen molar-refractivity contribution in [3.8, 4) is 0 Å². The van der Waals surface area contributed by atoms with Gasteiger partial charge < -0.3 is 5.11 Å². The molecule has 1 heterocycles. The first-order chi connectivity index (χ1) is 7.88. The first-order valence-corrected chi connectivity index (χ1v) is 5.84. The van der Waals surface area contributed by atoms with Gasteiger partial charge in [-0.3, -0.25) is 0 Å². The molecule has 6 nitrogen and oxygen atoms in total. The molecule has 1 atom stereocenters. The zero-order valence-electron chi connectivity index (χ0n) is 8.68. The fourth-order valence-electron chi connectivity index (χ4n) is 1.17. The van der Waals surface area contributed by atoms with Crippen LogP contribution in [0.3, 0.4) is 0 Å². The molecule has 1 N–H and O–H groups in total. The number of rotatable bonds is 5. The second kappa shape index (κ2) is 5.34. The smallest absolute Gasteiger partial charge is 0.453 e. The quantitative estimate of drug-likeness (QED) is 0.862. The molecule has 1 aromatic heterocycles. The third-order valence-electron chi connectivity index (χ3n) is 1.92. The molecule has 1 unspecified atom stereocenters. The van der Waals surface area contributed by atoms with Crippen LogP contribution < -0.4 is 0 Å². The maximum absolute atomic E-state index is 12.5. The number of hydrogen-bond acceptors (Lipinski definition) is 5. The molecule has 0 saturated heterocycles. The summed E-state index contributed by atoms with van der Waals surface area (Å²) in [6.45, 7) is 0. The highest BCUT2D eigenvalue weighted by atomic mass is 32.2. The monoisotopic (exact) mass is 270 g/mol. The molecule has 0 spiro atoms. The van der Waals surface area contributed by atoms with Crippen molar-refractivity contribution in [1.82, 2.24) is 20.2 Å². The summed E-state index contributed by atoms with van der Waals surface area (Å²) in [5.41, 5.74) is 0. The lowest BCUT2D eigenvalue weighted by Crippen LogP contribution is -2.26. The molecular weight excluding hydrogens is 261 g/mol. The normalized spacial score (nSPS) is 13.6. The lowest BCUT2D eigenvalue weighted by atomic mass is 10.2. The highest BCUT2D eigenvalue weighted by molar-refractivity contribution is 7.98. The van der Waals surface area contributed by atoms with E-state index >= 15 is 0 Å². The Morgan fingerprint density at radius 2 is 2.24 bits per heavy atom. The first-order valence-electron chi connectivity index (χ1n) is 4.44. The zero-order chi connectivity index (χ0) is 13.1. The van der Waals surface area contributed by atoms with E-state index in [4.69, 9.17) is 5.11 Å². The van der Waals surface area contributed by atoms with Crippen molar-refractivity contribution in [2.75, 3.05) is 12.0 Å². The number of aliphatic carboxylic acids is 1. The lowest BCUT2D eigenvalue weighted by molar-refractivity contribution is -0.152. The summed E-state index contributed by atoms with van der Waals surface area (Å²) in [6, 6.07) is -1.41. The molecule has 0 aliphatic heterocycles. The van der Waals surface area contributed by atoms with E-state index < -0.39 is 24.0 Å². The third-order valence-corrected chi connectivity index (χ3v) is 2.57. The van der Waals surface area contributed by atoms with Crippen molar-refractivity contribution in [2.24, 2.45) is 0 Å². The Morgan fingerprint density at radius 1 is 1.59 bits per heavy atom. The molecule has 0 saturated carbocycles. The zero-order valence-corrected chi connectivity index (χ0v) is 9.49. The van der Waals surface area contributed by atoms with Crippen LogP contribution in [-0.2, 0) is 11.0 Å². The highest BCUT2D eigenvalue weighted by Gasteiger charge is 2.40. The van der Waals surface area contributed by atoms with Gasteiger partial charge in [-0.15, -0.1) is 5.10 Å². The number of carboxylic acids is 1. The molecule has 0 aliphatic carbocycles. The molecule has 0 radical (unpaired) electrons. The number of carbonyl (C=O) groups is 1. The molecule has 0 aromatic carbocycles. The molecule has 0 amide bonds. The minimum atomic E-state index is -4.77. The summed E-state index contributed by atoms with van der Waals surface area (Å²) in [5, 5.41) is 17.6. The molecule has 10 heteroatoms. The van der Waals surface area contributed by atoms with Gasteiger partial charge in [0.1, 0.15) is 0 Å². The summed E-state index contributed by atoms with van der Waals surface area (Å²) in [7, 11) is 0. The van der Waals surface area contributed by atoms with Gasteiger partial charge in [-0.1, -0.05) is 0 Å². The largest absolute Gasteiger partial charge is 0.480 e.